The number of aliphatic hydroxyl groups is 1. The van der Waals surface area contributed by atoms with Crippen molar-refractivity contribution in [2.75, 3.05) is 6.54 Å². The summed E-state index contributed by atoms with van der Waals surface area (Å²) < 4.78 is 27.6. The molecule has 6 nitrogen and oxygen atoms in total. The molecule has 0 bridgehead atoms. The van der Waals surface area contributed by atoms with Gasteiger partial charge in [0.05, 0.1) is 5.60 Å². The van der Waals surface area contributed by atoms with Crippen LogP contribution in [-0.4, -0.2) is 35.6 Å². The Balaban J connectivity index is 1.67. The van der Waals surface area contributed by atoms with E-state index in [1.54, 1.807) is 26.1 Å². The number of hydrogen-bond acceptors (Lipinski definition) is 5. The quantitative estimate of drug-likeness (QED) is 0.601. The van der Waals surface area contributed by atoms with Crippen molar-refractivity contribution in [3.05, 3.63) is 36.2 Å². The maximum atomic E-state index is 12.5. The summed E-state index contributed by atoms with van der Waals surface area (Å²) in [5.74, 6) is 0.599. The largest absolute Gasteiger partial charge is 0.389 e. The van der Waals surface area contributed by atoms with Crippen LogP contribution in [-0.2, 0) is 10.0 Å². The van der Waals surface area contributed by atoms with Crippen LogP contribution in [0.2, 0.25) is 0 Å². The van der Waals surface area contributed by atoms with Crippen molar-refractivity contribution < 1.29 is 13.5 Å². The zero-order valence-corrected chi connectivity index (χ0v) is 16.2. The van der Waals surface area contributed by atoms with Crippen LogP contribution in [0, 0.1) is 0 Å². The molecule has 8 heteroatoms. The number of aromatic nitrogens is 2. The number of nitrogens with zero attached hydrogens (tertiary/aromatic N) is 1. The summed E-state index contributed by atoms with van der Waals surface area (Å²) in [5.41, 5.74) is 1.92. The van der Waals surface area contributed by atoms with Gasteiger partial charge in [-0.15, -0.1) is 11.3 Å². The summed E-state index contributed by atoms with van der Waals surface area (Å²) in [5, 5.41) is 10.8. The zero-order valence-electron chi connectivity index (χ0n) is 14.6. The van der Waals surface area contributed by atoms with Crippen LogP contribution in [0.1, 0.15) is 38.3 Å². The summed E-state index contributed by atoms with van der Waals surface area (Å²) in [6, 6.07) is 7.48. The predicted octanol–water partition coefficient (Wildman–Crippen LogP) is 3.22. The van der Waals surface area contributed by atoms with Gasteiger partial charge in [-0.1, -0.05) is 0 Å². The SMILES string of the molecule is CC(C)(O)CNS(=O)(=O)c1ccc(-c2ccnc3[nH]c(C4CC4)cc23)s1. The molecule has 0 aliphatic heterocycles. The fraction of sp³-hybridized carbons (Fsp3) is 0.389. The maximum Gasteiger partial charge on any atom is 0.250 e. The van der Waals surface area contributed by atoms with Crippen molar-refractivity contribution >= 4 is 32.4 Å². The van der Waals surface area contributed by atoms with Gasteiger partial charge in [-0.2, -0.15) is 0 Å². The molecule has 4 rings (SSSR count). The van der Waals surface area contributed by atoms with E-state index in [0.29, 0.717) is 5.92 Å². The van der Waals surface area contributed by atoms with Gasteiger partial charge in [0.25, 0.3) is 0 Å². The van der Waals surface area contributed by atoms with Gasteiger partial charge in [0.2, 0.25) is 10.0 Å². The molecular formula is C18H21N3O3S2. The van der Waals surface area contributed by atoms with Gasteiger partial charge >= 0.3 is 0 Å². The highest BCUT2D eigenvalue weighted by atomic mass is 32.2. The van der Waals surface area contributed by atoms with Crippen molar-refractivity contribution in [2.45, 2.75) is 42.4 Å². The van der Waals surface area contributed by atoms with Crippen LogP contribution < -0.4 is 4.72 Å². The molecule has 0 unspecified atom stereocenters. The number of fused-ring (bicyclic) bond motifs is 1. The minimum Gasteiger partial charge on any atom is -0.389 e. The molecule has 0 amide bonds. The molecule has 3 heterocycles. The Hall–Kier alpha value is -1.74. The number of nitrogens with one attached hydrogen (secondary N) is 2. The van der Waals surface area contributed by atoms with Crippen LogP contribution in [0.15, 0.2) is 34.7 Å². The highest BCUT2D eigenvalue weighted by Gasteiger charge is 2.26. The van der Waals surface area contributed by atoms with E-state index < -0.39 is 15.6 Å². The highest BCUT2D eigenvalue weighted by Crippen LogP contribution is 2.42. The summed E-state index contributed by atoms with van der Waals surface area (Å²) >= 11 is 1.22. The van der Waals surface area contributed by atoms with E-state index in [2.05, 4.69) is 20.8 Å². The lowest BCUT2D eigenvalue weighted by molar-refractivity contribution is 0.0857. The van der Waals surface area contributed by atoms with Gasteiger partial charge < -0.3 is 10.1 Å². The number of hydrogen-bond donors (Lipinski definition) is 3. The van der Waals surface area contributed by atoms with Gasteiger partial charge in [-0.05, 0) is 56.9 Å². The molecular weight excluding hydrogens is 370 g/mol. The van der Waals surface area contributed by atoms with Crippen molar-refractivity contribution in [3.63, 3.8) is 0 Å². The van der Waals surface area contributed by atoms with Crippen molar-refractivity contribution in [3.8, 4) is 10.4 Å². The fourth-order valence-corrected chi connectivity index (χ4v) is 5.42. The Bertz CT molecular complexity index is 1060. The first-order valence-corrected chi connectivity index (χ1v) is 10.8. The van der Waals surface area contributed by atoms with Gasteiger partial charge in [0, 0.05) is 34.3 Å². The molecule has 26 heavy (non-hydrogen) atoms. The highest BCUT2D eigenvalue weighted by molar-refractivity contribution is 7.91. The summed E-state index contributed by atoms with van der Waals surface area (Å²) in [7, 11) is -3.65. The first-order chi connectivity index (χ1) is 12.2. The molecule has 0 spiro atoms. The predicted molar refractivity (Wildman–Crippen MR) is 103 cm³/mol. The number of pyridine rings is 1. The molecule has 0 saturated heterocycles. The van der Waals surface area contributed by atoms with E-state index in [4.69, 9.17) is 0 Å². The first kappa shape index (κ1) is 17.7. The smallest absolute Gasteiger partial charge is 0.250 e. The standard InChI is InChI=1S/C18H21N3O3S2/c1-18(2,22)10-20-26(23,24)16-6-5-15(25-16)12-7-8-19-17-13(12)9-14(21-17)11-3-4-11/h5-9,11,20,22H,3-4,10H2,1-2H3,(H,19,21). The molecule has 3 aromatic rings. The first-order valence-electron chi connectivity index (χ1n) is 8.53. The van der Waals surface area contributed by atoms with Gasteiger partial charge in [-0.25, -0.2) is 18.1 Å². The molecule has 1 saturated carbocycles. The van der Waals surface area contributed by atoms with Crippen LogP contribution in [0.3, 0.4) is 0 Å². The van der Waals surface area contributed by atoms with Crippen LogP contribution in [0.25, 0.3) is 21.5 Å². The van der Waals surface area contributed by atoms with Gasteiger partial charge in [-0.3, -0.25) is 0 Å². The Labute approximate surface area is 156 Å². The molecule has 1 fully saturated rings. The van der Waals surface area contributed by atoms with E-state index in [-0.39, 0.29) is 10.8 Å². The van der Waals surface area contributed by atoms with E-state index in [9.17, 15) is 13.5 Å². The average molecular weight is 392 g/mol. The molecule has 3 aromatic heterocycles. The molecule has 1 aliphatic carbocycles. The van der Waals surface area contributed by atoms with Crippen molar-refractivity contribution in [2.24, 2.45) is 0 Å². The lowest BCUT2D eigenvalue weighted by Gasteiger charge is -2.17. The average Bonchev–Trinajstić information content (AvgIpc) is 3.13. The van der Waals surface area contributed by atoms with E-state index in [1.165, 1.54) is 29.9 Å². The minimum absolute atomic E-state index is 0.0371. The summed E-state index contributed by atoms with van der Waals surface area (Å²) in [6.45, 7) is 3.09. The van der Waals surface area contributed by atoms with Gasteiger partial charge in [0.1, 0.15) is 9.86 Å². The topological polar surface area (TPSA) is 95.1 Å². The second-order valence-electron chi connectivity index (χ2n) is 7.38. The summed E-state index contributed by atoms with van der Waals surface area (Å²) in [6.07, 6.45) is 4.15. The number of sulfonamides is 1. The maximum absolute atomic E-state index is 12.5. The number of H-pyrrole nitrogens is 1. The molecule has 0 atom stereocenters. The fourth-order valence-electron chi connectivity index (χ4n) is 2.83. The van der Waals surface area contributed by atoms with Crippen LogP contribution >= 0.6 is 11.3 Å². The molecule has 0 radical (unpaired) electrons. The normalized spacial score (nSPS) is 15.7. The molecule has 3 N–H and O–H groups in total. The second-order valence-corrected chi connectivity index (χ2v) is 10.5. The third-order valence-electron chi connectivity index (χ3n) is 4.38. The Morgan fingerprint density at radius 3 is 2.81 bits per heavy atom. The Morgan fingerprint density at radius 2 is 2.12 bits per heavy atom. The Kier molecular flexibility index (Phi) is 4.18. The third kappa shape index (κ3) is 3.55. The lowest BCUT2D eigenvalue weighted by atomic mass is 10.1. The number of rotatable bonds is 6. The second kappa shape index (κ2) is 6.16. The molecule has 0 aromatic carbocycles. The number of thiophene rings is 1. The van der Waals surface area contributed by atoms with Crippen molar-refractivity contribution in [1.82, 2.24) is 14.7 Å². The molecule has 138 valence electrons. The Morgan fingerprint density at radius 1 is 1.35 bits per heavy atom. The minimum atomic E-state index is -3.65. The third-order valence-corrected chi connectivity index (χ3v) is 7.39. The van der Waals surface area contributed by atoms with Gasteiger partial charge in [0.15, 0.2) is 0 Å². The lowest BCUT2D eigenvalue weighted by Crippen LogP contribution is -2.37. The van der Waals surface area contributed by atoms with Crippen LogP contribution in [0.4, 0.5) is 0 Å². The van der Waals surface area contributed by atoms with Crippen LogP contribution in [0.5, 0.6) is 0 Å². The molecule has 1 aliphatic rings. The van der Waals surface area contributed by atoms with E-state index in [0.717, 1.165) is 21.5 Å². The number of aromatic amines is 1. The zero-order chi connectivity index (χ0) is 18.5. The summed E-state index contributed by atoms with van der Waals surface area (Å²) in [4.78, 5) is 8.65. The van der Waals surface area contributed by atoms with E-state index >= 15 is 0 Å². The monoisotopic (exact) mass is 391 g/mol. The van der Waals surface area contributed by atoms with E-state index in [1.807, 2.05) is 12.1 Å². The van der Waals surface area contributed by atoms with Crippen molar-refractivity contribution in [1.29, 1.82) is 0 Å².